The van der Waals surface area contributed by atoms with Crippen LogP contribution in [0.25, 0.3) is 0 Å². The second-order valence-corrected chi connectivity index (χ2v) is 7.16. The Kier molecular flexibility index (Phi) is 2.80. The first kappa shape index (κ1) is 11.1. The van der Waals surface area contributed by atoms with Crippen LogP contribution in [0.15, 0.2) is 0 Å². The van der Waals surface area contributed by atoms with Gasteiger partial charge in [-0.3, -0.25) is 0 Å². The third-order valence-corrected chi connectivity index (χ3v) is 6.38. The molecule has 0 radical (unpaired) electrons. The highest BCUT2D eigenvalue weighted by Gasteiger charge is 2.55. The maximum Gasteiger partial charge on any atom is -0.0238 e. The van der Waals surface area contributed by atoms with Crippen molar-refractivity contribution in [3.63, 3.8) is 0 Å². The van der Waals surface area contributed by atoms with Gasteiger partial charge in [-0.25, -0.2) is 0 Å². The first-order chi connectivity index (χ1) is 7.74. The Morgan fingerprint density at radius 2 is 1.62 bits per heavy atom. The van der Waals surface area contributed by atoms with Crippen LogP contribution in [-0.4, -0.2) is 0 Å². The summed E-state index contributed by atoms with van der Waals surface area (Å²) in [4.78, 5) is 0. The maximum absolute atomic E-state index is 2.47. The van der Waals surface area contributed by atoms with E-state index in [-0.39, 0.29) is 0 Å². The van der Waals surface area contributed by atoms with Crippen LogP contribution < -0.4 is 0 Å². The fraction of sp³-hybridized carbons (Fsp3) is 1.00. The molecule has 0 aromatic carbocycles. The van der Waals surface area contributed by atoms with E-state index in [2.05, 4.69) is 13.8 Å². The van der Waals surface area contributed by atoms with Crippen LogP contribution in [-0.2, 0) is 0 Å². The van der Waals surface area contributed by atoms with Gasteiger partial charge >= 0.3 is 0 Å². The van der Waals surface area contributed by atoms with Gasteiger partial charge in [0.2, 0.25) is 0 Å². The lowest BCUT2D eigenvalue weighted by Gasteiger charge is -2.38. The zero-order valence-electron chi connectivity index (χ0n) is 11.2. The summed E-state index contributed by atoms with van der Waals surface area (Å²) in [5, 5.41) is 0. The van der Waals surface area contributed by atoms with E-state index in [1.54, 1.807) is 44.9 Å². The van der Waals surface area contributed by atoms with Gasteiger partial charge in [0.25, 0.3) is 0 Å². The van der Waals surface area contributed by atoms with Gasteiger partial charge in [0.05, 0.1) is 0 Å². The molecule has 0 heterocycles. The van der Waals surface area contributed by atoms with Crippen LogP contribution in [0.3, 0.4) is 0 Å². The van der Waals surface area contributed by atoms with Crippen molar-refractivity contribution in [2.24, 2.45) is 29.1 Å². The Labute approximate surface area is 101 Å². The molecule has 0 amide bonds. The summed E-state index contributed by atoms with van der Waals surface area (Å²) in [6.07, 6.45) is 14.1. The zero-order valence-corrected chi connectivity index (χ0v) is 11.2. The fourth-order valence-electron chi connectivity index (χ4n) is 5.72. The predicted octanol–water partition coefficient (Wildman–Crippen LogP) is 5.03. The molecule has 92 valence electrons. The van der Waals surface area contributed by atoms with E-state index < -0.39 is 0 Å². The van der Waals surface area contributed by atoms with Crippen molar-refractivity contribution in [1.82, 2.24) is 0 Å². The van der Waals surface area contributed by atoms with Crippen molar-refractivity contribution in [3.8, 4) is 0 Å². The number of fused-ring (bicyclic) bond motifs is 1. The standard InChI is InChI=1S/C16H28/c1-12(2)14-9-11-16(10-5-8-15(14)16)13-6-3-4-7-13/h12-15H,3-11H2,1-2H3. The minimum absolute atomic E-state index is 0.839. The lowest BCUT2D eigenvalue weighted by Crippen LogP contribution is -2.31. The molecule has 0 nitrogen and oxygen atoms in total. The van der Waals surface area contributed by atoms with Crippen molar-refractivity contribution in [2.75, 3.05) is 0 Å². The summed E-state index contributed by atoms with van der Waals surface area (Å²) < 4.78 is 0. The van der Waals surface area contributed by atoms with E-state index in [1.165, 1.54) is 12.8 Å². The Balaban J connectivity index is 1.83. The number of hydrogen-bond acceptors (Lipinski definition) is 0. The molecule has 0 aromatic heterocycles. The molecule has 0 spiro atoms. The van der Waals surface area contributed by atoms with Crippen LogP contribution in [0.5, 0.6) is 0 Å². The summed E-state index contributed by atoms with van der Waals surface area (Å²) in [5.74, 6) is 4.26. The summed E-state index contributed by atoms with van der Waals surface area (Å²) in [6, 6.07) is 0. The smallest absolute Gasteiger partial charge is 0.0238 e. The molecule has 16 heavy (non-hydrogen) atoms. The van der Waals surface area contributed by atoms with E-state index in [1.807, 2.05) is 0 Å². The Hall–Kier alpha value is 0. The SMILES string of the molecule is CC(C)C1CCC2(C3CCCC3)CCCC12. The molecule has 0 aromatic rings. The quantitative estimate of drug-likeness (QED) is 0.612. The second-order valence-electron chi connectivity index (χ2n) is 7.16. The van der Waals surface area contributed by atoms with Gasteiger partial charge in [0, 0.05) is 0 Å². The zero-order chi connectivity index (χ0) is 11.2. The van der Waals surface area contributed by atoms with Crippen molar-refractivity contribution in [2.45, 2.75) is 71.6 Å². The fourth-order valence-corrected chi connectivity index (χ4v) is 5.72. The molecule has 3 fully saturated rings. The second kappa shape index (κ2) is 4.03. The third-order valence-electron chi connectivity index (χ3n) is 6.38. The third kappa shape index (κ3) is 1.48. The highest BCUT2D eigenvalue weighted by Crippen LogP contribution is 2.64. The van der Waals surface area contributed by atoms with Crippen LogP contribution in [0.4, 0.5) is 0 Å². The van der Waals surface area contributed by atoms with Gasteiger partial charge in [0.15, 0.2) is 0 Å². The summed E-state index contributed by atoms with van der Waals surface area (Å²) >= 11 is 0. The van der Waals surface area contributed by atoms with Crippen LogP contribution in [0.2, 0.25) is 0 Å². The normalized spacial score (nSPS) is 44.4. The van der Waals surface area contributed by atoms with Gasteiger partial charge < -0.3 is 0 Å². The molecule has 3 aliphatic carbocycles. The molecule has 0 heteroatoms. The largest absolute Gasteiger partial charge is 0.0625 e. The van der Waals surface area contributed by atoms with E-state index in [9.17, 15) is 0 Å². The molecule has 3 saturated carbocycles. The van der Waals surface area contributed by atoms with Crippen molar-refractivity contribution in [3.05, 3.63) is 0 Å². The van der Waals surface area contributed by atoms with E-state index in [0.29, 0.717) is 0 Å². The molecule has 0 N–H and O–H groups in total. The molecule has 0 saturated heterocycles. The first-order valence-electron chi connectivity index (χ1n) is 7.74. The molecule has 3 unspecified atom stereocenters. The molecular formula is C16H28. The molecule has 3 atom stereocenters. The first-order valence-corrected chi connectivity index (χ1v) is 7.74. The molecular weight excluding hydrogens is 192 g/mol. The van der Waals surface area contributed by atoms with Gasteiger partial charge in [-0.2, -0.15) is 0 Å². The monoisotopic (exact) mass is 220 g/mol. The maximum atomic E-state index is 2.47. The van der Waals surface area contributed by atoms with Gasteiger partial charge in [-0.15, -0.1) is 0 Å². The Morgan fingerprint density at radius 3 is 2.31 bits per heavy atom. The summed E-state index contributed by atoms with van der Waals surface area (Å²) in [6.45, 7) is 4.93. The number of hydrogen-bond donors (Lipinski definition) is 0. The molecule has 0 bridgehead atoms. The average molecular weight is 220 g/mol. The topological polar surface area (TPSA) is 0 Å². The lowest BCUT2D eigenvalue weighted by atomic mass is 9.67. The highest BCUT2D eigenvalue weighted by atomic mass is 14.6. The van der Waals surface area contributed by atoms with Gasteiger partial charge in [-0.1, -0.05) is 33.1 Å². The van der Waals surface area contributed by atoms with E-state index in [0.717, 1.165) is 29.1 Å². The molecule has 3 rings (SSSR count). The Morgan fingerprint density at radius 1 is 0.875 bits per heavy atom. The van der Waals surface area contributed by atoms with E-state index >= 15 is 0 Å². The average Bonchev–Trinajstić information content (AvgIpc) is 2.92. The molecule has 0 aliphatic heterocycles. The van der Waals surface area contributed by atoms with Crippen molar-refractivity contribution < 1.29 is 0 Å². The van der Waals surface area contributed by atoms with Crippen LogP contribution in [0.1, 0.15) is 71.6 Å². The van der Waals surface area contributed by atoms with Crippen molar-refractivity contribution in [1.29, 1.82) is 0 Å². The predicted molar refractivity (Wildman–Crippen MR) is 69.3 cm³/mol. The minimum atomic E-state index is 0.839. The molecule has 3 aliphatic rings. The van der Waals surface area contributed by atoms with Gasteiger partial charge in [0.1, 0.15) is 0 Å². The van der Waals surface area contributed by atoms with Crippen molar-refractivity contribution >= 4 is 0 Å². The van der Waals surface area contributed by atoms with Gasteiger partial charge in [-0.05, 0) is 67.6 Å². The van der Waals surface area contributed by atoms with Crippen LogP contribution >= 0.6 is 0 Å². The van der Waals surface area contributed by atoms with Crippen LogP contribution in [0, 0.1) is 29.1 Å². The minimum Gasteiger partial charge on any atom is -0.0625 e. The Bertz CT molecular complexity index is 249. The number of rotatable bonds is 2. The summed E-state index contributed by atoms with van der Waals surface area (Å²) in [7, 11) is 0. The summed E-state index contributed by atoms with van der Waals surface area (Å²) in [5.41, 5.74) is 0.839. The lowest BCUT2D eigenvalue weighted by molar-refractivity contribution is 0.105. The van der Waals surface area contributed by atoms with E-state index in [4.69, 9.17) is 0 Å². The highest BCUT2D eigenvalue weighted by molar-refractivity contribution is 5.04.